The number of halogens is 1. The minimum Gasteiger partial charge on any atom is -0.350 e. The molecule has 1 aliphatic rings. The van der Waals surface area contributed by atoms with Crippen LogP contribution in [0.5, 0.6) is 0 Å². The van der Waals surface area contributed by atoms with Crippen LogP contribution in [0.4, 0.5) is 0 Å². The Bertz CT molecular complexity index is 203. The Morgan fingerprint density at radius 3 is 2.47 bits per heavy atom. The van der Waals surface area contributed by atoms with Crippen LogP contribution in [-0.4, -0.2) is 31.1 Å². The van der Waals surface area contributed by atoms with E-state index in [1.807, 2.05) is 13.8 Å². The SMILES string of the molecule is CC(C)(CN)NC(=O)C1CCNCC1.Cl. The van der Waals surface area contributed by atoms with Gasteiger partial charge in [-0.3, -0.25) is 4.79 Å². The molecule has 0 aromatic heterocycles. The second-order valence-corrected chi connectivity index (χ2v) is 4.60. The predicted molar refractivity (Wildman–Crippen MR) is 64.1 cm³/mol. The Labute approximate surface area is 97.8 Å². The predicted octanol–water partition coefficient (Wildman–Crippen LogP) is 0.261. The number of carbonyl (C=O) groups is 1. The van der Waals surface area contributed by atoms with Crippen molar-refractivity contribution in [3.8, 4) is 0 Å². The summed E-state index contributed by atoms with van der Waals surface area (Å²) in [6.07, 6.45) is 1.87. The van der Waals surface area contributed by atoms with Crippen molar-refractivity contribution in [3.63, 3.8) is 0 Å². The molecule has 4 nitrogen and oxygen atoms in total. The molecule has 0 spiro atoms. The van der Waals surface area contributed by atoms with Crippen molar-refractivity contribution in [2.45, 2.75) is 32.2 Å². The second-order valence-electron chi connectivity index (χ2n) is 4.60. The average molecular weight is 236 g/mol. The van der Waals surface area contributed by atoms with Gasteiger partial charge in [0.2, 0.25) is 5.91 Å². The summed E-state index contributed by atoms with van der Waals surface area (Å²) < 4.78 is 0. The smallest absolute Gasteiger partial charge is 0.223 e. The number of nitrogens with two attached hydrogens (primary N) is 1. The van der Waals surface area contributed by atoms with E-state index in [0.717, 1.165) is 25.9 Å². The van der Waals surface area contributed by atoms with Gasteiger partial charge in [-0.15, -0.1) is 12.4 Å². The summed E-state index contributed by atoms with van der Waals surface area (Å²) >= 11 is 0. The first-order chi connectivity index (χ1) is 6.55. The summed E-state index contributed by atoms with van der Waals surface area (Å²) in [5.41, 5.74) is 5.28. The highest BCUT2D eigenvalue weighted by Crippen LogP contribution is 2.13. The quantitative estimate of drug-likeness (QED) is 0.658. The summed E-state index contributed by atoms with van der Waals surface area (Å²) in [4.78, 5) is 11.8. The molecule has 1 saturated heterocycles. The van der Waals surface area contributed by atoms with E-state index in [1.165, 1.54) is 0 Å². The van der Waals surface area contributed by atoms with E-state index < -0.39 is 0 Å². The van der Waals surface area contributed by atoms with E-state index in [-0.39, 0.29) is 29.8 Å². The third-order valence-electron chi connectivity index (χ3n) is 2.68. The van der Waals surface area contributed by atoms with Crippen molar-refractivity contribution in [3.05, 3.63) is 0 Å². The van der Waals surface area contributed by atoms with Gasteiger partial charge in [0.05, 0.1) is 0 Å². The van der Waals surface area contributed by atoms with Crippen LogP contribution < -0.4 is 16.4 Å². The molecule has 1 fully saturated rings. The standard InChI is InChI=1S/C10H21N3O.ClH/c1-10(2,7-11)13-9(14)8-3-5-12-6-4-8;/h8,12H,3-7,11H2,1-2H3,(H,13,14);1H. The van der Waals surface area contributed by atoms with E-state index in [9.17, 15) is 4.79 Å². The normalized spacial score (nSPS) is 18.1. The van der Waals surface area contributed by atoms with E-state index in [2.05, 4.69) is 10.6 Å². The Balaban J connectivity index is 0.00000196. The van der Waals surface area contributed by atoms with Crippen LogP contribution in [0, 0.1) is 5.92 Å². The van der Waals surface area contributed by atoms with Crippen LogP contribution in [0.2, 0.25) is 0 Å². The van der Waals surface area contributed by atoms with E-state index >= 15 is 0 Å². The lowest BCUT2D eigenvalue weighted by atomic mass is 9.95. The fraction of sp³-hybridized carbons (Fsp3) is 0.900. The lowest BCUT2D eigenvalue weighted by Crippen LogP contribution is -2.51. The molecule has 0 aromatic carbocycles. The van der Waals surface area contributed by atoms with Gasteiger partial charge in [0.25, 0.3) is 0 Å². The van der Waals surface area contributed by atoms with E-state index in [0.29, 0.717) is 6.54 Å². The zero-order valence-corrected chi connectivity index (χ0v) is 10.3. The fourth-order valence-electron chi connectivity index (χ4n) is 1.57. The maximum absolute atomic E-state index is 11.8. The molecule has 0 saturated carbocycles. The molecular weight excluding hydrogens is 214 g/mol. The lowest BCUT2D eigenvalue weighted by Gasteiger charge is -2.29. The first kappa shape index (κ1) is 14.7. The Hall–Kier alpha value is -0.320. The first-order valence-electron chi connectivity index (χ1n) is 5.28. The van der Waals surface area contributed by atoms with Crippen LogP contribution in [-0.2, 0) is 4.79 Å². The van der Waals surface area contributed by atoms with Gasteiger partial charge in [-0.1, -0.05) is 0 Å². The maximum Gasteiger partial charge on any atom is 0.223 e. The van der Waals surface area contributed by atoms with Crippen molar-refractivity contribution < 1.29 is 4.79 Å². The van der Waals surface area contributed by atoms with E-state index in [1.54, 1.807) is 0 Å². The number of piperidine rings is 1. The van der Waals surface area contributed by atoms with Crippen LogP contribution in [0.3, 0.4) is 0 Å². The summed E-state index contributed by atoms with van der Waals surface area (Å²) in [5.74, 6) is 0.323. The molecule has 1 rings (SSSR count). The van der Waals surface area contributed by atoms with Crippen molar-refractivity contribution >= 4 is 18.3 Å². The molecule has 1 aliphatic heterocycles. The van der Waals surface area contributed by atoms with Crippen LogP contribution in [0.1, 0.15) is 26.7 Å². The molecule has 1 amide bonds. The molecule has 5 heteroatoms. The molecule has 90 valence electrons. The molecule has 15 heavy (non-hydrogen) atoms. The summed E-state index contributed by atoms with van der Waals surface area (Å²) in [7, 11) is 0. The summed E-state index contributed by atoms with van der Waals surface area (Å²) in [6, 6.07) is 0. The van der Waals surface area contributed by atoms with Crippen LogP contribution >= 0.6 is 12.4 Å². The third kappa shape index (κ3) is 4.82. The maximum atomic E-state index is 11.8. The average Bonchev–Trinajstić information content (AvgIpc) is 2.19. The van der Waals surface area contributed by atoms with Crippen molar-refractivity contribution in [2.24, 2.45) is 11.7 Å². The number of nitrogens with one attached hydrogen (secondary N) is 2. The summed E-state index contributed by atoms with van der Waals surface area (Å²) in [5, 5.41) is 6.23. The number of carbonyl (C=O) groups excluding carboxylic acids is 1. The molecular formula is C10H22ClN3O. The Morgan fingerprint density at radius 2 is 2.00 bits per heavy atom. The van der Waals surface area contributed by atoms with Gasteiger partial charge in [0.1, 0.15) is 0 Å². The van der Waals surface area contributed by atoms with Gasteiger partial charge < -0.3 is 16.4 Å². The minimum atomic E-state index is -0.276. The zero-order chi connectivity index (χ0) is 10.6. The van der Waals surface area contributed by atoms with Crippen molar-refractivity contribution in [2.75, 3.05) is 19.6 Å². The molecule has 4 N–H and O–H groups in total. The molecule has 0 aromatic rings. The van der Waals surface area contributed by atoms with Gasteiger partial charge in [0, 0.05) is 18.0 Å². The molecule has 0 atom stereocenters. The monoisotopic (exact) mass is 235 g/mol. The molecule has 0 radical (unpaired) electrons. The van der Waals surface area contributed by atoms with E-state index in [4.69, 9.17) is 5.73 Å². The van der Waals surface area contributed by atoms with Crippen LogP contribution in [0.15, 0.2) is 0 Å². The minimum absolute atomic E-state index is 0. The van der Waals surface area contributed by atoms with Gasteiger partial charge in [0.15, 0.2) is 0 Å². The molecule has 0 aliphatic carbocycles. The third-order valence-corrected chi connectivity index (χ3v) is 2.68. The zero-order valence-electron chi connectivity index (χ0n) is 9.51. The number of hydrogen-bond donors (Lipinski definition) is 3. The van der Waals surface area contributed by atoms with Crippen molar-refractivity contribution in [1.29, 1.82) is 0 Å². The highest BCUT2D eigenvalue weighted by molar-refractivity contribution is 5.85. The van der Waals surface area contributed by atoms with Gasteiger partial charge >= 0.3 is 0 Å². The number of rotatable bonds is 3. The molecule has 1 heterocycles. The molecule has 0 bridgehead atoms. The highest BCUT2D eigenvalue weighted by Gasteiger charge is 2.25. The fourth-order valence-corrected chi connectivity index (χ4v) is 1.57. The topological polar surface area (TPSA) is 67.1 Å². The largest absolute Gasteiger partial charge is 0.350 e. The Kier molecular flexibility index (Phi) is 6.17. The molecule has 0 unspecified atom stereocenters. The summed E-state index contributed by atoms with van der Waals surface area (Å²) in [6.45, 7) is 6.27. The number of hydrogen-bond acceptors (Lipinski definition) is 3. The van der Waals surface area contributed by atoms with Crippen LogP contribution in [0.25, 0.3) is 0 Å². The first-order valence-corrected chi connectivity index (χ1v) is 5.28. The number of amides is 1. The second kappa shape index (κ2) is 6.30. The van der Waals surface area contributed by atoms with Gasteiger partial charge in [-0.2, -0.15) is 0 Å². The van der Waals surface area contributed by atoms with Crippen molar-refractivity contribution in [1.82, 2.24) is 10.6 Å². The highest BCUT2D eigenvalue weighted by atomic mass is 35.5. The Morgan fingerprint density at radius 1 is 1.47 bits per heavy atom. The van der Waals surface area contributed by atoms with Gasteiger partial charge in [-0.25, -0.2) is 0 Å². The van der Waals surface area contributed by atoms with Gasteiger partial charge in [-0.05, 0) is 39.8 Å². The lowest BCUT2D eigenvalue weighted by molar-refractivity contribution is -0.127.